The second-order valence-electron chi connectivity index (χ2n) is 2.97. The van der Waals surface area contributed by atoms with E-state index in [-0.39, 0.29) is 11.5 Å². The smallest absolute Gasteiger partial charge is 0.160 e. The number of nitrogen functional groups attached to an aromatic ring is 1. The Kier molecular flexibility index (Phi) is 1.27. The lowest BCUT2D eigenvalue weighted by Crippen LogP contribution is -2.03. The fraction of sp³-hybridized carbons (Fsp3) is 0.500. The summed E-state index contributed by atoms with van der Waals surface area (Å²) in [5.41, 5.74) is 6.92. The van der Waals surface area contributed by atoms with Crippen LogP contribution in [0.2, 0.25) is 0 Å². The van der Waals surface area contributed by atoms with Crippen molar-refractivity contribution in [3.05, 3.63) is 11.3 Å². The average Bonchev–Trinajstić information content (AvgIpc) is 2.34. The summed E-state index contributed by atoms with van der Waals surface area (Å²) in [6, 6.07) is 0. The third kappa shape index (κ3) is 0.911. The molecule has 0 unspecified atom stereocenters. The molecule has 1 aromatic heterocycles. The quantitative estimate of drug-likeness (QED) is 0.590. The van der Waals surface area contributed by atoms with Crippen molar-refractivity contribution in [3.63, 3.8) is 0 Å². The third-order valence-electron chi connectivity index (χ3n) is 2.03. The lowest BCUT2D eigenvalue weighted by atomic mass is 10.3. The number of fused-ring (bicyclic) bond motifs is 1. The van der Waals surface area contributed by atoms with Crippen LogP contribution >= 0.6 is 0 Å². The van der Waals surface area contributed by atoms with Gasteiger partial charge in [-0.2, -0.15) is 5.10 Å². The highest BCUT2D eigenvalue weighted by Gasteiger charge is 2.30. The topological polar surface area (TPSA) is 78.0 Å². The number of anilines is 1. The number of aromatic nitrogens is 2. The molecule has 6 heteroatoms. The Morgan fingerprint density at radius 2 is 2.17 bits per heavy atom. The maximum atomic E-state index is 11.2. The minimum absolute atomic E-state index is 0.0437. The highest BCUT2D eigenvalue weighted by Crippen LogP contribution is 2.28. The van der Waals surface area contributed by atoms with Crippen molar-refractivity contribution < 1.29 is 8.42 Å². The van der Waals surface area contributed by atoms with Crippen LogP contribution in [0.4, 0.5) is 5.82 Å². The van der Waals surface area contributed by atoms with Crippen LogP contribution < -0.4 is 5.73 Å². The van der Waals surface area contributed by atoms with Crippen molar-refractivity contribution in [1.29, 1.82) is 0 Å². The first kappa shape index (κ1) is 7.60. The van der Waals surface area contributed by atoms with E-state index in [4.69, 9.17) is 5.73 Å². The molecule has 66 valence electrons. The van der Waals surface area contributed by atoms with Gasteiger partial charge in [0, 0.05) is 12.6 Å². The van der Waals surface area contributed by atoms with Crippen molar-refractivity contribution in [2.45, 2.75) is 11.5 Å². The largest absolute Gasteiger partial charge is 0.382 e. The van der Waals surface area contributed by atoms with Gasteiger partial charge < -0.3 is 5.73 Å². The number of rotatable bonds is 0. The van der Waals surface area contributed by atoms with Crippen molar-refractivity contribution in [3.8, 4) is 0 Å². The van der Waals surface area contributed by atoms with E-state index in [9.17, 15) is 8.42 Å². The Bertz CT molecular complexity index is 399. The summed E-state index contributed by atoms with van der Waals surface area (Å²) in [6.07, 6.45) is 0. The standard InChI is InChI=1S/C6H9N3O2S/c1-9-5-3-12(10,11)2-4(5)6(7)8-9/h2-3H2,1H3,(H2,7,8). The van der Waals surface area contributed by atoms with E-state index in [2.05, 4.69) is 5.10 Å². The van der Waals surface area contributed by atoms with Crippen LogP contribution in [0.5, 0.6) is 0 Å². The number of aryl methyl sites for hydroxylation is 1. The van der Waals surface area contributed by atoms with E-state index >= 15 is 0 Å². The molecule has 0 aliphatic carbocycles. The van der Waals surface area contributed by atoms with E-state index < -0.39 is 9.84 Å². The molecular formula is C6H9N3O2S. The lowest BCUT2D eigenvalue weighted by molar-refractivity contribution is 0.595. The normalized spacial score (nSPS) is 19.4. The zero-order valence-electron chi connectivity index (χ0n) is 6.61. The Morgan fingerprint density at radius 3 is 2.75 bits per heavy atom. The van der Waals surface area contributed by atoms with Crippen molar-refractivity contribution in [2.24, 2.45) is 7.05 Å². The molecule has 1 aliphatic rings. The fourth-order valence-corrected chi connectivity index (χ4v) is 3.08. The molecule has 0 saturated carbocycles. The summed E-state index contributed by atoms with van der Waals surface area (Å²) in [4.78, 5) is 0. The van der Waals surface area contributed by atoms with Gasteiger partial charge in [0.1, 0.15) is 5.82 Å². The van der Waals surface area contributed by atoms with Gasteiger partial charge >= 0.3 is 0 Å². The first-order valence-corrected chi connectivity index (χ1v) is 5.32. The van der Waals surface area contributed by atoms with E-state index in [1.807, 2.05) is 0 Å². The predicted octanol–water partition coefficient (Wildman–Crippen LogP) is -0.569. The molecule has 1 aliphatic heterocycles. The summed E-state index contributed by atoms with van der Waals surface area (Å²) in [5.74, 6) is 0.457. The summed E-state index contributed by atoms with van der Waals surface area (Å²) >= 11 is 0. The molecule has 2 heterocycles. The summed E-state index contributed by atoms with van der Waals surface area (Å²) < 4.78 is 23.8. The number of hydrogen-bond donors (Lipinski definition) is 1. The van der Waals surface area contributed by atoms with Gasteiger partial charge in [-0.05, 0) is 0 Å². The van der Waals surface area contributed by atoms with Gasteiger partial charge in [0.25, 0.3) is 0 Å². The Morgan fingerprint density at radius 1 is 1.50 bits per heavy atom. The average molecular weight is 187 g/mol. The second-order valence-corrected chi connectivity index (χ2v) is 5.03. The molecule has 0 radical (unpaired) electrons. The van der Waals surface area contributed by atoms with Crippen LogP contribution in [-0.4, -0.2) is 18.2 Å². The van der Waals surface area contributed by atoms with E-state index in [1.165, 1.54) is 4.68 Å². The van der Waals surface area contributed by atoms with Gasteiger partial charge in [-0.3, -0.25) is 4.68 Å². The van der Waals surface area contributed by atoms with E-state index in [1.54, 1.807) is 7.05 Å². The SMILES string of the molecule is Cn1nc(N)c2c1CS(=O)(=O)C2. The summed E-state index contributed by atoms with van der Waals surface area (Å²) in [5, 5.41) is 3.93. The molecule has 1 aromatic rings. The molecule has 0 spiro atoms. The van der Waals surface area contributed by atoms with E-state index in [0.29, 0.717) is 11.4 Å². The van der Waals surface area contributed by atoms with Gasteiger partial charge in [-0.25, -0.2) is 8.42 Å². The number of nitrogens with two attached hydrogens (primary N) is 1. The monoisotopic (exact) mass is 187 g/mol. The first-order chi connectivity index (χ1) is 5.49. The molecule has 0 amide bonds. The third-order valence-corrected chi connectivity index (χ3v) is 3.47. The highest BCUT2D eigenvalue weighted by molar-refractivity contribution is 7.90. The zero-order chi connectivity index (χ0) is 8.93. The molecule has 2 N–H and O–H groups in total. The minimum atomic E-state index is -2.95. The molecule has 2 rings (SSSR count). The molecular weight excluding hydrogens is 178 g/mol. The molecule has 0 atom stereocenters. The first-order valence-electron chi connectivity index (χ1n) is 3.50. The molecule has 0 bridgehead atoms. The van der Waals surface area contributed by atoms with Crippen LogP contribution in [-0.2, 0) is 28.4 Å². The van der Waals surface area contributed by atoms with Gasteiger partial charge in [0.05, 0.1) is 17.2 Å². The van der Waals surface area contributed by atoms with Crippen molar-refractivity contribution in [2.75, 3.05) is 5.73 Å². The molecule has 0 fully saturated rings. The van der Waals surface area contributed by atoms with Crippen LogP contribution in [0.25, 0.3) is 0 Å². The van der Waals surface area contributed by atoms with Crippen LogP contribution in [0.15, 0.2) is 0 Å². The maximum absolute atomic E-state index is 11.2. The van der Waals surface area contributed by atoms with Crippen molar-refractivity contribution in [1.82, 2.24) is 9.78 Å². The molecule has 5 nitrogen and oxygen atoms in total. The fourth-order valence-electron chi connectivity index (χ4n) is 1.44. The van der Waals surface area contributed by atoms with Gasteiger partial charge in [0.15, 0.2) is 9.84 Å². The van der Waals surface area contributed by atoms with Crippen LogP contribution in [0.1, 0.15) is 11.3 Å². The van der Waals surface area contributed by atoms with E-state index in [0.717, 1.165) is 5.69 Å². The molecule has 12 heavy (non-hydrogen) atoms. The number of nitrogens with zero attached hydrogens (tertiary/aromatic N) is 2. The lowest BCUT2D eigenvalue weighted by Gasteiger charge is -1.93. The van der Waals surface area contributed by atoms with Gasteiger partial charge in [-0.1, -0.05) is 0 Å². The Labute approximate surface area is 70.1 Å². The second kappa shape index (κ2) is 2.01. The Hall–Kier alpha value is -1.04. The number of sulfone groups is 1. The van der Waals surface area contributed by atoms with Crippen LogP contribution in [0, 0.1) is 0 Å². The Balaban J connectivity index is 2.64. The summed E-state index contributed by atoms with van der Waals surface area (Å²) in [6.45, 7) is 0. The minimum Gasteiger partial charge on any atom is -0.382 e. The maximum Gasteiger partial charge on any atom is 0.160 e. The highest BCUT2D eigenvalue weighted by atomic mass is 32.2. The zero-order valence-corrected chi connectivity index (χ0v) is 7.43. The van der Waals surface area contributed by atoms with Gasteiger partial charge in [-0.15, -0.1) is 0 Å². The predicted molar refractivity (Wildman–Crippen MR) is 43.9 cm³/mol. The molecule has 0 saturated heterocycles. The summed E-state index contributed by atoms with van der Waals surface area (Å²) in [7, 11) is -1.24. The molecule has 0 aromatic carbocycles. The van der Waals surface area contributed by atoms with Gasteiger partial charge in [0.2, 0.25) is 0 Å². The number of hydrogen-bond acceptors (Lipinski definition) is 4. The van der Waals surface area contributed by atoms with Crippen molar-refractivity contribution >= 4 is 15.7 Å². The van der Waals surface area contributed by atoms with Crippen LogP contribution in [0.3, 0.4) is 0 Å².